The molecule has 0 fully saturated rings. The van der Waals surface area contributed by atoms with Gasteiger partial charge in [0.25, 0.3) is 0 Å². The molecule has 8 aromatic carbocycles. The predicted molar refractivity (Wildman–Crippen MR) is 216 cm³/mol. The zero-order valence-electron chi connectivity index (χ0n) is 28.9. The highest BCUT2D eigenvalue weighted by molar-refractivity contribution is 5.95. The Kier molecular flexibility index (Phi) is 7.36. The standard InChI is InChI=1S/C50H33N3/c1-4-16-34(17-5-1)36-20-14-21-37(32-36)47-51-48(53-49(52-47)43-28-15-19-35-18-10-11-26-41(35)43)38-30-31-46-44(33-38)42-27-12-13-29-45(42)50(46,39-22-6-2-7-23-39)40-24-8-3-9-25-40/h1-33H. The minimum Gasteiger partial charge on any atom is -0.208 e. The SMILES string of the molecule is c1ccc(-c2cccc(-c3nc(-c4ccc5c(c4)-c4ccccc4C5(c4ccccc4)c4ccccc4)nc(-c4cccc5ccccc45)n3)c2)cc1. The Morgan fingerprint density at radius 3 is 1.57 bits per heavy atom. The van der Waals surface area contributed by atoms with Crippen LogP contribution in [-0.4, -0.2) is 15.0 Å². The highest BCUT2D eigenvalue weighted by atomic mass is 15.0. The van der Waals surface area contributed by atoms with Gasteiger partial charge in [0.2, 0.25) is 0 Å². The molecule has 0 atom stereocenters. The van der Waals surface area contributed by atoms with E-state index in [-0.39, 0.29) is 0 Å². The Morgan fingerprint density at radius 1 is 0.302 bits per heavy atom. The van der Waals surface area contributed by atoms with Crippen LogP contribution < -0.4 is 0 Å². The molecule has 0 saturated heterocycles. The first-order chi connectivity index (χ1) is 26.3. The van der Waals surface area contributed by atoms with Crippen molar-refractivity contribution in [3.05, 3.63) is 222 Å². The fraction of sp³-hybridized carbons (Fsp3) is 0.0200. The quantitative estimate of drug-likeness (QED) is 0.176. The van der Waals surface area contributed by atoms with Gasteiger partial charge < -0.3 is 0 Å². The third-order valence-corrected chi connectivity index (χ3v) is 10.6. The zero-order chi connectivity index (χ0) is 35.2. The maximum Gasteiger partial charge on any atom is 0.164 e. The second-order valence-electron chi connectivity index (χ2n) is 13.6. The number of hydrogen-bond acceptors (Lipinski definition) is 3. The summed E-state index contributed by atoms with van der Waals surface area (Å²) < 4.78 is 0. The van der Waals surface area contributed by atoms with E-state index in [1.807, 2.05) is 6.07 Å². The molecule has 10 rings (SSSR count). The van der Waals surface area contributed by atoms with Gasteiger partial charge in [0.1, 0.15) is 0 Å². The Morgan fingerprint density at radius 2 is 0.811 bits per heavy atom. The van der Waals surface area contributed by atoms with Gasteiger partial charge in [-0.2, -0.15) is 0 Å². The van der Waals surface area contributed by atoms with Gasteiger partial charge in [-0.15, -0.1) is 0 Å². The number of aromatic nitrogens is 3. The molecule has 1 aromatic heterocycles. The Hall–Kier alpha value is -6.97. The van der Waals surface area contributed by atoms with E-state index < -0.39 is 5.41 Å². The van der Waals surface area contributed by atoms with Crippen LogP contribution in [0.15, 0.2) is 200 Å². The van der Waals surface area contributed by atoms with Crippen molar-refractivity contribution in [1.29, 1.82) is 0 Å². The molecule has 0 unspecified atom stereocenters. The molecular weight excluding hydrogens is 643 g/mol. The number of rotatable bonds is 6. The van der Waals surface area contributed by atoms with Crippen LogP contribution >= 0.6 is 0 Å². The summed E-state index contributed by atoms with van der Waals surface area (Å²) in [5.74, 6) is 1.93. The molecule has 53 heavy (non-hydrogen) atoms. The fourth-order valence-corrected chi connectivity index (χ4v) is 8.23. The van der Waals surface area contributed by atoms with Crippen LogP contribution in [0.1, 0.15) is 22.3 Å². The highest BCUT2D eigenvalue weighted by Gasteiger charge is 2.46. The summed E-state index contributed by atoms with van der Waals surface area (Å²) in [6.45, 7) is 0. The molecule has 3 nitrogen and oxygen atoms in total. The lowest BCUT2D eigenvalue weighted by molar-refractivity contribution is 0.768. The zero-order valence-corrected chi connectivity index (χ0v) is 28.9. The summed E-state index contributed by atoms with van der Waals surface area (Å²) >= 11 is 0. The van der Waals surface area contributed by atoms with E-state index in [2.05, 4.69) is 194 Å². The molecule has 0 N–H and O–H groups in total. The van der Waals surface area contributed by atoms with E-state index in [9.17, 15) is 0 Å². The van der Waals surface area contributed by atoms with Crippen molar-refractivity contribution < 1.29 is 0 Å². The molecule has 3 heteroatoms. The molecule has 1 aliphatic rings. The molecule has 9 aromatic rings. The second kappa shape index (κ2) is 12.7. The monoisotopic (exact) mass is 675 g/mol. The average molecular weight is 676 g/mol. The van der Waals surface area contributed by atoms with Gasteiger partial charge in [0, 0.05) is 16.7 Å². The summed E-state index contributed by atoms with van der Waals surface area (Å²) in [7, 11) is 0. The van der Waals surface area contributed by atoms with Crippen LogP contribution in [0.4, 0.5) is 0 Å². The molecule has 0 bridgehead atoms. The summed E-state index contributed by atoms with van der Waals surface area (Å²) in [6, 6.07) is 71.0. The molecular formula is C50H33N3. The molecule has 0 saturated carbocycles. The lowest BCUT2D eigenvalue weighted by Gasteiger charge is -2.33. The molecule has 0 aliphatic heterocycles. The van der Waals surface area contributed by atoms with Gasteiger partial charge >= 0.3 is 0 Å². The van der Waals surface area contributed by atoms with E-state index in [1.54, 1.807) is 0 Å². The Bertz CT molecular complexity index is 2730. The van der Waals surface area contributed by atoms with Crippen molar-refractivity contribution in [3.63, 3.8) is 0 Å². The molecule has 1 heterocycles. The van der Waals surface area contributed by atoms with Crippen molar-refractivity contribution in [2.24, 2.45) is 0 Å². The fourth-order valence-electron chi connectivity index (χ4n) is 8.23. The minimum atomic E-state index is -0.469. The van der Waals surface area contributed by atoms with E-state index in [0.29, 0.717) is 17.5 Å². The van der Waals surface area contributed by atoms with Gasteiger partial charge in [0.05, 0.1) is 5.41 Å². The number of nitrogens with zero attached hydrogens (tertiary/aromatic N) is 3. The first kappa shape index (κ1) is 30.8. The average Bonchev–Trinajstić information content (AvgIpc) is 3.55. The molecule has 248 valence electrons. The molecule has 1 aliphatic carbocycles. The van der Waals surface area contributed by atoms with Crippen LogP contribution in [0.2, 0.25) is 0 Å². The highest BCUT2D eigenvalue weighted by Crippen LogP contribution is 2.56. The maximum atomic E-state index is 5.24. The molecule has 0 radical (unpaired) electrons. The van der Waals surface area contributed by atoms with Crippen molar-refractivity contribution >= 4 is 10.8 Å². The van der Waals surface area contributed by atoms with Crippen LogP contribution in [0.3, 0.4) is 0 Å². The van der Waals surface area contributed by atoms with Crippen molar-refractivity contribution in [2.75, 3.05) is 0 Å². The van der Waals surface area contributed by atoms with Gasteiger partial charge in [-0.3, -0.25) is 0 Å². The van der Waals surface area contributed by atoms with Crippen molar-refractivity contribution in [1.82, 2.24) is 15.0 Å². The van der Waals surface area contributed by atoms with Crippen molar-refractivity contribution in [2.45, 2.75) is 5.41 Å². The second-order valence-corrected chi connectivity index (χ2v) is 13.6. The van der Waals surface area contributed by atoms with Crippen LogP contribution in [-0.2, 0) is 5.41 Å². The van der Waals surface area contributed by atoms with Gasteiger partial charge in [-0.1, -0.05) is 188 Å². The molecule has 0 spiro atoms. The largest absolute Gasteiger partial charge is 0.208 e. The lowest BCUT2D eigenvalue weighted by atomic mass is 9.67. The third kappa shape index (κ3) is 5.09. The smallest absolute Gasteiger partial charge is 0.164 e. The number of hydrogen-bond donors (Lipinski definition) is 0. The summed E-state index contributed by atoms with van der Waals surface area (Å²) in [5.41, 5.74) is 12.1. The van der Waals surface area contributed by atoms with Crippen molar-refractivity contribution in [3.8, 4) is 56.4 Å². The van der Waals surface area contributed by atoms with Gasteiger partial charge in [-0.05, 0) is 67.4 Å². The van der Waals surface area contributed by atoms with E-state index in [4.69, 9.17) is 15.0 Å². The van der Waals surface area contributed by atoms with Crippen LogP contribution in [0, 0.1) is 0 Å². The first-order valence-corrected chi connectivity index (χ1v) is 18.0. The first-order valence-electron chi connectivity index (χ1n) is 18.0. The van der Waals surface area contributed by atoms with E-state index in [1.165, 1.54) is 33.4 Å². The summed E-state index contributed by atoms with van der Waals surface area (Å²) in [6.07, 6.45) is 0. The summed E-state index contributed by atoms with van der Waals surface area (Å²) in [5, 5.41) is 2.25. The topological polar surface area (TPSA) is 38.7 Å². The maximum absolute atomic E-state index is 5.24. The number of benzene rings is 8. The Labute approximate surface area is 309 Å². The normalized spacial score (nSPS) is 12.7. The van der Waals surface area contributed by atoms with Gasteiger partial charge in [-0.25, -0.2) is 15.0 Å². The van der Waals surface area contributed by atoms with E-state index >= 15 is 0 Å². The summed E-state index contributed by atoms with van der Waals surface area (Å²) in [4.78, 5) is 15.6. The van der Waals surface area contributed by atoms with Gasteiger partial charge in [0.15, 0.2) is 17.5 Å². The number of fused-ring (bicyclic) bond motifs is 4. The third-order valence-electron chi connectivity index (χ3n) is 10.6. The molecule has 0 amide bonds. The Balaban J connectivity index is 1.20. The minimum absolute atomic E-state index is 0.469. The predicted octanol–water partition coefficient (Wildman–Crippen LogP) is 12.1. The lowest BCUT2D eigenvalue weighted by Crippen LogP contribution is -2.28. The van der Waals surface area contributed by atoms with Crippen LogP contribution in [0.25, 0.3) is 67.2 Å². The van der Waals surface area contributed by atoms with Crippen LogP contribution in [0.5, 0.6) is 0 Å². The van der Waals surface area contributed by atoms with E-state index in [0.717, 1.165) is 38.6 Å².